The van der Waals surface area contributed by atoms with E-state index in [1.54, 1.807) is 12.1 Å². The highest BCUT2D eigenvalue weighted by atomic mass is 19.1. The van der Waals surface area contributed by atoms with Crippen molar-refractivity contribution in [2.24, 2.45) is 5.73 Å². The summed E-state index contributed by atoms with van der Waals surface area (Å²) >= 11 is 0. The molecule has 0 spiro atoms. The van der Waals surface area contributed by atoms with Gasteiger partial charge in [-0.1, -0.05) is 0 Å². The maximum atomic E-state index is 13.1. The molecule has 94 valence electrons. The van der Waals surface area contributed by atoms with Crippen LogP contribution in [0, 0.1) is 5.82 Å². The second-order valence-corrected chi connectivity index (χ2v) is 3.96. The van der Waals surface area contributed by atoms with Gasteiger partial charge in [-0.05, 0) is 37.2 Å². The van der Waals surface area contributed by atoms with E-state index >= 15 is 0 Å². The van der Waals surface area contributed by atoms with Crippen molar-refractivity contribution in [1.29, 1.82) is 0 Å². The number of pyridine rings is 1. The summed E-state index contributed by atoms with van der Waals surface area (Å²) in [7, 11) is 0. The fraction of sp³-hybridized carbons (Fsp3) is 0.231. The van der Waals surface area contributed by atoms with Gasteiger partial charge in [0.25, 0.3) is 5.91 Å². The lowest BCUT2D eigenvalue weighted by atomic mass is 10.1. The summed E-state index contributed by atoms with van der Waals surface area (Å²) in [5.41, 5.74) is 6.42. The normalized spacial score (nSPS) is 10.6. The molecule has 18 heavy (non-hydrogen) atoms. The van der Waals surface area contributed by atoms with Crippen molar-refractivity contribution >= 4 is 16.8 Å². The summed E-state index contributed by atoms with van der Waals surface area (Å²) in [5.74, 6) is -0.563. The van der Waals surface area contributed by atoms with Crippen LogP contribution < -0.4 is 11.1 Å². The van der Waals surface area contributed by atoms with E-state index in [1.165, 1.54) is 18.3 Å². The molecule has 0 fully saturated rings. The molecule has 1 heterocycles. The van der Waals surface area contributed by atoms with Gasteiger partial charge in [0.05, 0.1) is 11.1 Å². The van der Waals surface area contributed by atoms with Crippen molar-refractivity contribution in [2.45, 2.75) is 6.42 Å². The Balaban J connectivity index is 2.21. The van der Waals surface area contributed by atoms with Crippen LogP contribution >= 0.6 is 0 Å². The van der Waals surface area contributed by atoms with Crippen LogP contribution in [-0.2, 0) is 0 Å². The third-order valence-electron chi connectivity index (χ3n) is 2.57. The van der Waals surface area contributed by atoms with Gasteiger partial charge >= 0.3 is 0 Å². The Labute approximate surface area is 104 Å². The number of nitrogens with two attached hydrogens (primary N) is 1. The standard InChI is InChI=1S/C13H14FN3O/c14-11-2-3-12-9(7-11)6-10(8-17-12)13(18)16-5-1-4-15/h2-3,6-8H,1,4-5,15H2,(H,16,18). The maximum absolute atomic E-state index is 13.1. The molecule has 1 aromatic carbocycles. The molecule has 0 unspecified atom stereocenters. The molecule has 2 rings (SSSR count). The number of aromatic nitrogens is 1. The van der Waals surface area contributed by atoms with Gasteiger partial charge in [-0.3, -0.25) is 9.78 Å². The first-order valence-electron chi connectivity index (χ1n) is 5.74. The number of carbonyl (C=O) groups excluding carboxylic acids is 1. The van der Waals surface area contributed by atoms with Crippen molar-refractivity contribution in [1.82, 2.24) is 10.3 Å². The first-order valence-corrected chi connectivity index (χ1v) is 5.74. The molecular formula is C13H14FN3O. The van der Waals surface area contributed by atoms with E-state index in [0.717, 1.165) is 6.42 Å². The van der Waals surface area contributed by atoms with E-state index < -0.39 is 0 Å². The molecule has 2 aromatic rings. The van der Waals surface area contributed by atoms with E-state index in [1.807, 2.05) is 0 Å². The van der Waals surface area contributed by atoms with Crippen LogP contribution in [0.3, 0.4) is 0 Å². The van der Waals surface area contributed by atoms with Gasteiger partial charge in [0.15, 0.2) is 0 Å². The summed E-state index contributed by atoms with van der Waals surface area (Å²) < 4.78 is 13.1. The van der Waals surface area contributed by atoms with Gasteiger partial charge in [0, 0.05) is 18.1 Å². The monoisotopic (exact) mass is 247 g/mol. The number of hydrogen-bond donors (Lipinski definition) is 2. The smallest absolute Gasteiger partial charge is 0.252 e. The van der Waals surface area contributed by atoms with Crippen molar-refractivity contribution < 1.29 is 9.18 Å². The zero-order valence-electron chi connectivity index (χ0n) is 9.82. The van der Waals surface area contributed by atoms with Gasteiger partial charge in [0.1, 0.15) is 5.82 Å². The van der Waals surface area contributed by atoms with Gasteiger partial charge in [0.2, 0.25) is 0 Å². The number of nitrogens with one attached hydrogen (secondary N) is 1. The Bertz CT molecular complexity index is 571. The number of nitrogens with zero attached hydrogens (tertiary/aromatic N) is 1. The van der Waals surface area contributed by atoms with E-state index in [0.29, 0.717) is 29.6 Å². The molecule has 3 N–H and O–H groups in total. The highest BCUT2D eigenvalue weighted by Crippen LogP contribution is 2.14. The zero-order valence-corrected chi connectivity index (χ0v) is 9.82. The van der Waals surface area contributed by atoms with E-state index in [4.69, 9.17) is 5.73 Å². The van der Waals surface area contributed by atoms with Gasteiger partial charge in [-0.2, -0.15) is 0 Å². The summed E-state index contributed by atoms with van der Waals surface area (Å²) in [6.45, 7) is 1.05. The molecule has 0 bridgehead atoms. The number of halogens is 1. The zero-order chi connectivity index (χ0) is 13.0. The fourth-order valence-corrected chi connectivity index (χ4v) is 1.63. The predicted octanol–water partition coefficient (Wildman–Crippen LogP) is 1.45. The molecule has 5 heteroatoms. The lowest BCUT2D eigenvalue weighted by Gasteiger charge is -2.05. The van der Waals surface area contributed by atoms with E-state index in [2.05, 4.69) is 10.3 Å². The Morgan fingerprint density at radius 2 is 2.22 bits per heavy atom. The van der Waals surface area contributed by atoms with Crippen LogP contribution in [0.1, 0.15) is 16.8 Å². The molecule has 0 radical (unpaired) electrons. The topological polar surface area (TPSA) is 68.0 Å². The second kappa shape index (κ2) is 5.55. The molecule has 0 aliphatic heterocycles. The molecule has 0 aliphatic rings. The summed E-state index contributed by atoms with van der Waals surface area (Å²) in [6.07, 6.45) is 2.21. The number of hydrogen-bond acceptors (Lipinski definition) is 3. The highest BCUT2D eigenvalue weighted by molar-refractivity contribution is 5.97. The van der Waals surface area contributed by atoms with Crippen LogP contribution in [-0.4, -0.2) is 24.0 Å². The minimum Gasteiger partial charge on any atom is -0.352 e. The second-order valence-electron chi connectivity index (χ2n) is 3.96. The fourth-order valence-electron chi connectivity index (χ4n) is 1.63. The maximum Gasteiger partial charge on any atom is 0.252 e. The molecule has 4 nitrogen and oxygen atoms in total. The SMILES string of the molecule is NCCCNC(=O)c1cnc2ccc(F)cc2c1. The average molecular weight is 247 g/mol. The summed E-state index contributed by atoms with van der Waals surface area (Å²) in [4.78, 5) is 15.9. The molecule has 1 amide bonds. The Hall–Kier alpha value is -2.01. The minimum atomic E-state index is -0.343. The molecular weight excluding hydrogens is 233 g/mol. The van der Waals surface area contributed by atoms with Crippen LogP contribution in [0.25, 0.3) is 10.9 Å². The molecule has 0 atom stereocenters. The van der Waals surface area contributed by atoms with Gasteiger partial charge in [-0.25, -0.2) is 4.39 Å². The minimum absolute atomic E-state index is 0.220. The first kappa shape index (κ1) is 12.4. The molecule has 0 saturated carbocycles. The van der Waals surface area contributed by atoms with E-state index in [9.17, 15) is 9.18 Å². The Kier molecular flexibility index (Phi) is 3.84. The number of rotatable bonds is 4. The molecule has 1 aromatic heterocycles. The van der Waals surface area contributed by atoms with Crippen molar-refractivity contribution in [3.05, 3.63) is 41.8 Å². The lowest BCUT2D eigenvalue weighted by molar-refractivity contribution is 0.0953. The average Bonchev–Trinajstić information content (AvgIpc) is 2.38. The number of carbonyl (C=O) groups is 1. The third kappa shape index (κ3) is 2.81. The van der Waals surface area contributed by atoms with Gasteiger partial charge in [-0.15, -0.1) is 0 Å². The third-order valence-corrected chi connectivity index (χ3v) is 2.57. The van der Waals surface area contributed by atoms with Crippen molar-refractivity contribution in [2.75, 3.05) is 13.1 Å². The first-order chi connectivity index (χ1) is 8.70. The number of amides is 1. The number of fused-ring (bicyclic) bond motifs is 1. The van der Waals surface area contributed by atoms with Crippen molar-refractivity contribution in [3.8, 4) is 0 Å². The van der Waals surface area contributed by atoms with Crippen LogP contribution in [0.5, 0.6) is 0 Å². The summed E-state index contributed by atoms with van der Waals surface area (Å²) in [5, 5.41) is 3.34. The lowest BCUT2D eigenvalue weighted by Crippen LogP contribution is -2.26. The quantitative estimate of drug-likeness (QED) is 0.803. The van der Waals surface area contributed by atoms with Crippen LogP contribution in [0.2, 0.25) is 0 Å². The Morgan fingerprint density at radius 1 is 1.39 bits per heavy atom. The largest absolute Gasteiger partial charge is 0.352 e. The van der Waals surface area contributed by atoms with Crippen molar-refractivity contribution in [3.63, 3.8) is 0 Å². The summed E-state index contributed by atoms with van der Waals surface area (Å²) in [6, 6.07) is 5.92. The highest BCUT2D eigenvalue weighted by Gasteiger charge is 2.06. The molecule has 0 aliphatic carbocycles. The van der Waals surface area contributed by atoms with Gasteiger partial charge < -0.3 is 11.1 Å². The number of benzene rings is 1. The van der Waals surface area contributed by atoms with E-state index in [-0.39, 0.29) is 11.7 Å². The predicted molar refractivity (Wildman–Crippen MR) is 67.7 cm³/mol. The van der Waals surface area contributed by atoms with Crippen LogP contribution in [0.15, 0.2) is 30.5 Å². The Morgan fingerprint density at radius 3 is 3.00 bits per heavy atom. The molecule has 0 saturated heterocycles. The van der Waals surface area contributed by atoms with Crippen LogP contribution in [0.4, 0.5) is 4.39 Å².